The average molecular weight is 431 g/mol. The van der Waals surface area contributed by atoms with Gasteiger partial charge in [0.15, 0.2) is 0 Å². The zero-order valence-corrected chi connectivity index (χ0v) is 16.9. The normalized spacial score (nSPS) is 11.4. The number of hydrogen-bond donors (Lipinski definition) is 3. The lowest BCUT2D eigenvalue weighted by atomic mass is 9.95. The standard InChI is InChI=1S/C19H19N5.C2HF3O2/c1-10-4-5-11(2)13(8-10)14-9-15-16(18(20)23-19(21)22-15)12-6-7-24(3)17(12)14;3-2(4,5)1(6)7/h4-9H,1-3H3,(H4,20,21,22,23);(H,6,7). The number of aryl methyl sites for hydroxylation is 3. The minimum absolute atomic E-state index is 0.196. The van der Waals surface area contributed by atoms with Crippen molar-refractivity contribution in [1.82, 2.24) is 14.5 Å². The maximum absolute atomic E-state index is 10.6. The fourth-order valence-corrected chi connectivity index (χ4v) is 3.40. The maximum atomic E-state index is 10.6. The number of alkyl halides is 3. The summed E-state index contributed by atoms with van der Waals surface area (Å²) in [5.74, 6) is -2.14. The number of rotatable bonds is 1. The summed E-state index contributed by atoms with van der Waals surface area (Å²) in [4.78, 5) is 17.4. The third-order valence-corrected chi connectivity index (χ3v) is 4.79. The Morgan fingerprint density at radius 2 is 1.71 bits per heavy atom. The van der Waals surface area contributed by atoms with Crippen LogP contribution in [-0.2, 0) is 11.8 Å². The van der Waals surface area contributed by atoms with Gasteiger partial charge in [0.05, 0.1) is 16.4 Å². The Morgan fingerprint density at radius 1 is 1.06 bits per heavy atom. The van der Waals surface area contributed by atoms with Crippen LogP contribution in [0.4, 0.5) is 24.9 Å². The van der Waals surface area contributed by atoms with E-state index < -0.39 is 12.1 Å². The van der Waals surface area contributed by atoms with Gasteiger partial charge >= 0.3 is 12.1 Å². The third kappa shape index (κ3) is 4.23. The minimum atomic E-state index is -5.08. The van der Waals surface area contributed by atoms with Crippen molar-refractivity contribution in [3.05, 3.63) is 47.7 Å². The topological polar surface area (TPSA) is 120 Å². The molecule has 0 aliphatic heterocycles. The molecule has 2 aromatic carbocycles. The Bertz CT molecular complexity index is 1310. The monoisotopic (exact) mass is 431 g/mol. The van der Waals surface area contributed by atoms with Gasteiger partial charge in [-0.15, -0.1) is 0 Å². The molecule has 31 heavy (non-hydrogen) atoms. The Labute approximate surface area is 175 Å². The maximum Gasteiger partial charge on any atom is 0.490 e. The number of nitrogen functional groups attached to an aromatic ring is 2. The Hall–Kier alpha value is -3.82. The van der Waals surface area contributed by atoms with E-state index in [4.69, 9.17) is 21.4 Å². The van der Waals surface area contributed by atoms with Crippen LogP contribution in [0.25, 0.3) is 32.9 Å². The van der Waals surface area contributed by atoms with Crippen LogP contribution in [0, 0.1) is 13.8 Å². The van der Waals surface area contributed by atoms with Crippen molar-refractivity contribution in [2.75, 3.05) is 11.5 Å². The number of carboxylic acids is 1. The number of aromatic nitrogens is 3. The Kier molecular flexibility index (Phi) is 5.49. The fourth-order valence-electron chi connectivity index (χ4n) is 3.40. The fraction of sp³-hybridized carbons (Fsp3) is 0.190. The molecular formula is C21H20F3N5O2. The predicted octanol–water partition coefficient (Wildman–Crippen LogP) is 4.20. The van der Waals surface area contributed by atoms with Crippen LogP contribution < -0.4 is 11.5 Å². The quantitative estimate of drug-likeness (QED) is 0.415. The summed E-state index contributed by atoms with van der Waals surface area (Å²) in [6.45, 7) is 4.22. The molecule has 5 N–H and O–H groups in total. The molecule has 0 saturated heterocycles. The lowest BCUT2D eigenvalue weighted by Gasteiger charge is -2.13. The number of hydrogen-bond acceptors (Lipinski definition) is 5. The minimum Gasteiger partial charge on any atom is -0.475 e. The zero-order valence-electron chi connectivity index (χ0n) is 16.9. The highest BCUT2D eigenvalue weighted by atomic mass is 19.4. The van der Waals surface area contributed by atoms with Crippen LogP contribution in [0.15, 0.2) is 36.5 Å². The van der Waals surface area contributed by atoms with Crippen LogP contribution in [0.3, 0.4) is 0 Å². The summed E-state index contributed by atoms with van der Waals surface area (Å²) < 4.78 is 33.8. The first-order chi connectivity index (χ1) is 14.4. The van der Waals surface area contributed by atoms with Crippen molar-refractivity contribution in [2.24, 2.45) is 7.05 Å². The van der Waals surface area contributed by atoms with Crippen molar-refractivity contribution in [1.29, 1.82) is 0 Å². The molecule has 0 fully saturated rings. The van der Waals surface area contributed by atoms with Crippen molar-refractivity contribution in [3.63, 3.8) is 0 Å². The van der Waals surface area contributed by atoms with Crippen LogP contribution in [-0.4, -0.2) is 31.8 Å². The number of anilines is 2. The number of halogens is 3. The smallest absolute Gasteiger partial charge is 0.475 e. The molecule has 2 aromatic heterocycles. The lowest BCUT2D eigenvalue weighted by Crippen LogP contribution is -2.21. The van der Waals surface area contributed by atoms with Gasteiger partial charge in [-0.05, 0) is 37.1 Å². The van der Waals surface area contributed by atoms with E-state index in [1.165, 1.54) is 16.7 Å². The third-order valence-electron chi connectivity index (χ3n) is 4.79. The molecule has 0 saturated carbocycles. The number of nitrogens with two attached hydrogens (primary N) is 2. The van der Waals surface area contributed by atoms with E-state index in [1.807, 2.05) is 13.2 Å². The van der Waals surface area contributed by atoms with Crippen LogP contribution in [0.1, 0.15) is 11.1 Å². The molecule has 4 aromatic rings. The van der Waals surface area contributed by atoms with Crippen molar-refractivity contribution >= 4 is 39.5 Å². The van der Waals surface area contributed by atoms with Crippen LogP contribution in [0.5, 0.6) is 0 Å². The Balaban J connectivity index is 0.000000339. The summed E-state index contributed by atoms with van der Waals surface area (Å²) in [5, 5.41) is 9.03. The van der Waals surface area contributed by atoms with E-state index >= 15 is 0 Å². The molecule has 0 radical (unpaired) electrons. The van der Waals surface area contributed by atoms with Gasteiger partial charge in [0, 0.05) is 24.2 Å². The van der Waals surface area contributed by atoms with Gasteiger partial charge < -0.3 is 21.1 Å². The number of benzene rings is 2. The number of carboxylic acid groups (broad SMARTS) is 1. The summed E-state index contributed by atoms with van der Waals surface area (Å²) in [6, 6.07) is 10.6. The van der Waals surface area contributed by atoms with Gasteiger partial charge in [-0.3, -0.25) is 0 Å². The van der Waals surface area contributed by atoms with E-state index in [9.17, 15) is 13.2 Å². The van der Waals surface area contributed by atoms with Crippen LogP contribution in [0.2, 0.25) is 0 Å². The molecule has 0 aliphatic carbocycles. The highest BCUT2D eigenvalue weighted by molar-refractivity contribution is 6.15. The summed E-state index contributed by atoms with van der Waals surface area (Å²) >= 11 is 0. The molecular weight excluding hydrogens is 411 g/mol. The summed E-state index contributed by atoms with van der Waals surface area (Å²) in [6.07, 6.45) is -3.05. The molecule has 2 heterocycles. The van der Waals surface area contributed by atoms with Gasteiger partial charge in [-0.1, -0.05) is 23.8 Å². The molecule has 0 unspecified atom stereocenters. The van der Waals surface area contributed by atoms with E-state index in [1.54, 1.807) is 0 Å². The second-order valence-corrected chi connectivity index (χ2v) is 7.10. The molecule has 0 amide bonds. The van der Waals surface area contributed by atoms with Crippen molar-refractivity contribution in [3.8, 4) is 11.1 Å². The number of fused-ring (bicyclic) bond motifs is 3. The number of aliphatic carboxylic acids is 1. The zero-order chi connectivity index (χ0) is 23.1. The summed E-state index contributed by atoms with van der Waals surface area (Å²) in [5.41, 5.74) is 18.6. The highest BCUT2D eigenvalue weighted by Crippen LogP contribution is 2.38. The molecule has 0 bridgehead atoms. The molecule has 10 heteroatoms. The second kappa shape index (κ2) is 7.78. The van der Waals surface area contributed by atoms with E-state index in [-0.39, 0.29) is 5.95 Å². The SMILES string of the molecule is Cc1ccc(C)c(-c2cc3nc(N)nc(N)c3c3ccn(C)c23)c1.O=C(O)C(F)(F)F. The van der Waals surface area contributed by atoms with Crippen molar-refractivity contribution < 1.29 is 23.1 Å². The first kappa shape index (κ1) is 21.9. The van der Waals surface area contributed by atoms with Gasteiger partial charge in [-0.25, -0.2) is 9.78 Å². The van der Waals surface area contributed by atoms with Crippen LogP contribution >= 0.6 is 0 Å². The molecule has 4 rings (SSSR count). The first-order valence-corrected chi connectivity index (χ1v) is 9.08. The molecule has 7 nitrogen and oxygen atoms in total. The average Bonchev–Trinajstić information content (AvgIpc) is 3.04. The second-order valence-electron chi connectivity index (χ2n) is 7.10. The highest BCUT2D eigenvalue weighted by Gasteiger charge is 2.38. The largest absolute Gasteiger partial charge is 0.490 e. The van der Waals surface area contributed by atoms with Gasteiger partial charge in [-0.2, -0.15) is 18.2 Å². The lowest BCUT2D eigenvalue weighted by molar-refractivity contribution is -0.192. The predicted molar refractivity (Wildman–Crippen MR) is 113 cm³/mol. The van der Waals surface area contributed by atoms with E-state index in [2.05, 4.69) is 58.7 Å². The van der Waals surface area contributed by atoms with Gasteiger partial charge in [0.1, 0.15) is 5.82 Å². The molecule has 0 atom stereocenters. The number of carbonyl (C=O) groups is 1. The first-order valence-electron chi connectivity index (χ1n) is 9.08. The van der Waals surface area contributed by atoms with E-state index in [0.29, 0.717) is 5.82 Å². The van der Waals surface area contributed by atoms with E-state index in [0.717, 1.165) is 27.4 Å². The van der Waals surface area contributed by atoms with Crippen molar-refractivity contribution in [2.45, 2.75) is 20.0 Å². The Morgan fingerprint density at radius 3 is 2.32 bits per heavy atom. The van der Waals surface area contributed by atoms with Gasteiger partial charge in [0.2, 0.25) is 5.95 Å². The molecule has 0 aliphatic rings. The molecule has 0 spiro atoms. The molecule has 162 valence electrons. The summed E-state index contributed by atoms with van der Waals surface area (Å²) in [7, 11) is 2.04. The van der Waals surface area contributed by atoms with Gasteiger partial charge in [0.25, 0.3) is 0 Å². The number of nitrogens with zero attached hydrogens (tertiary/aromatic N) is 3.